The molecule has 0 fully saturated rings. The third-order valence-electron chi connectivity index (χ3n) is 1.44. The zero-order valence-electron chi connectivity index (χ0n) is 9.18. The molecule has 0 aromatic rings. The quantitative estimate of drug-likeness (QED) is 0.621. The van der Waals surface area contributed by atoms with E-state index in [0.717, 1.165) is 0 Å². The minimum Gasteiger partial charge on any atom is -0.386 e. The van der Waals surface area contributed by atoms with Crippen molar-refractivity contribution in [2.75, 3.05) is 13.1 Å². The number of aliphatic hydroxyl groups excluding tert-OH is 1. The monoisotopic (exact) mass is 224 g/mol. The lowest BCUT2D eigenvalue weighted by Gasteiger charge is -2.20. The Morgan fingerprint density at radius 1 is 1.40 bits per heavy atom. The van der Waals surface area contributed by atoms with E-state index in [1.807, 2.05) is 20.8 Å². The third kappa shape index (κ3) is 8.26. The number of amides is 1. The van der Waals surface area contributed by atoms with Crippen molar-refractivity contribution in [2.24, 2.45) is 0 Å². The molecule has 1 unspecified atom stereocenters. The Balaban J connectivity index is 3.65. The fraction of sp³-hybridized carbons (Fsp3) is 0.889. The number of hydrogen-bond donors (Lipinski definition) is 3. The van der Waals surface area contributed by atoms with Crippen LogP contribution in [-0.2, 0) is 4.79 Å². The Labute approximate surface area is 88.0 Å². The molecular weight excluding hydrogens is 206 g/mol. The van der Waals surface area contributed by atoms with Gasteiger partial charge in [-0.1, -0.05) is 0 Å². The summed E-state index contributed by atoms with van der Waals surface area (Å²) in [5, 5.41) is 13.8. The summed E-state index contributed by atoms with van der Waals surface area (Å²) in [5.74, 6) is -0.288. The smallest absolute Gasteiger partial charge is 0.265 e. The zero-order chi connectivity index (χ0) is 12.1. The highest BCUT2D eigenvalue weighted by Crippen LogP contribution is 1.99. The molecule has 3 N–H and O–H groups in total. The van der Waals surface area contributed by atoms with Crippen molar-refractivity contribution in [3.05, 3.63) is 0 Å². The molecule has 0 aliphatic heterocycles. The fourth-order valence-electron chi connectivity index (χ4n) is 0.885. The van der Waals surface area contributed by atoms with E-state index in [-0.39, 0.29) is 24.5 Å². The Hall–Kier alpha value is -0.750. The van der Waals surface area contributed by atoms with Crippen LogP contribution in [-0.4, -0.2) is 42.2 Å². The number of rotatable bonds is 5. The van der Waals surface area contributed by atoms with Crippen LogP contribution in [0.2, 0.25) is 0 Å². The van der Waals surface area contributed by atoms with Gasteiger partial charge < -0.3 is 15.7 Å². The van der Waals surface area contributed by atoms with E-state index in [9.17, 15) is 13.6 Å². The summed E-state index contributed by atoms with van der Waals surface area (Å²) in [7, 11) is 0. The largest absolute Gasteiger partial charge is 0.386 e. The number of nitrogens with one attached hydrogen (secondary N) is 2. The van der Waals surface area contributed by atoms with E-state index in [1.165, 1.54) is 0 Å². The molecule has 0 bridgehead atoms. The van der Waals surface area contributed by atoms with E-state index >= 15 is 0 Å². The Bertz CT molecular complexity index is 205. The molecule has 0 saturated carbocycles. The average Bonchev–Trinajstić information content (AvgIpc) is 2.00. The van der Waals surface area contributed by atoms with Crippen molar-refractivity contribution in [1.29, 1.82) is 0 Å². The van der Waals surface area contributed by atoms with E-state index < -0.39 is 12.5 Å². The zero-order valence-corrected chi connectivity index (χ0v) is 9.18. The second kappa shape index (κ2) is 5.97. The van der Waals surface area contributed by atoms with Crippen LogP contribution in [0.3, 0.4) is 0 Å². The van der Waals surface area contributed by atoms with Gasteiger partial charge in [-0.25, -0.2) is 8.78 Å². The summed E-state index contributed by atoms with van der Waals surface area (Å²) in [5.41, 5.74) is -0.347. The maximum Gasteiger partial charge on any atom is 0.265 e. The lowest BCUT2D eigenvalue weighted by molar-refractivity contribution is -0.121. The fourth-order valence-corrected chi connectivity index (χ4v) is 0.885. The second-order valence-electron chi connectivity index (χ2n) is 4.33. The van der Waals surface area contributed by atoms with Crippen molar-refractivity contribution in [3.63, 3.8) is 0 Å². The molecule has 6 heteroatoms. The topological polar surface area (TPSA) is 61.4 Å². The first-order valence-corrected chi connectivity index (χ1v) is 4.70. The molecule has 0 heterocycles. The van der Waals surface area contributed by atoms with Gasteiger partial charge in [0.1, 0.15) is 6.10 Å². The SMILES string of the molecule is CC(C)(C)NC(=O)CNCC(O)C(F)F. The molecule has 0 radical (unpaired) electrons. The molecule has 0 spiro atoms. The highest BCUT2D eigenvalue weighted by molar-refractivity contribution is 5.78. The van der Waals surface area contributed by atoms with Crippen LogP contribution in [0.15, 0.2) is 0 Å². The van der Waals surface area contributed by atoms with E-state index in [2.05, 4.69) is 10.6 Å². The van der Waals surface area contributed by atoms with Crippen LogP contribution in [0, 0.1) is 0 Å². The Morgan fingerprint density at radius 2 is 1.93 bits per heavy atom. The summed E-state index contributed by atoms with van der Waals surface area (Å²) in [6, 6.07) is 0. The summed E-state index contributed by atoms with van der Waals surface area (Å²) in [4.78, 5) is 11.2. The van der Waals surface area contributed by atoms with Crippen LogP contribution in [0.1, 0.15) is 20.8 Å². The molecule has 0 aliphatic carbocycles. The van der Waals surface area contributed by atoms with Gasteiger partial charge in [-0.3, -0.25) is 4.79 Å². The van der Waals surface area contributed by atoms with Crippen LogP contribution in [0.4, 0.5) is 8.78 Å². The molecule has 90 valence electrons. The lowest BCUT2D eigenvalue weighted by Crippen LogP contribution is -2.46. The predicted octanol–water partition coefficient (Wildman–Crippen LogP) is 0.117. The van der Waals surface area contributed by atoms with Gasteiger partial charge in [0.15, 0.2) is 0 Å². The summed E-state index contributed by atoms with van der Waals surface area (Å²) < 4.78 is 23.7. The number of hydrogen-bond acceptors (Lipinski definition) is 3. The Kier molecular flexibility index (Phi) is 5.67. The number of carbonyl (C=O) groups excluding carboxylic acids is 1. The summed E-state index contributed by atoms with van der Waals surface area (Å²) >= 11 is 0. The molecular formula is C9H18F2N2O2. The van der Waals surface area contributed by atoms with Crippen molar-refractivity contribution < 1.29 is 18.7 Å². The van der Waals surface area contributed by atoms with Crippen LogP contribution in [0.25, 0.3) is 0 Å². The molecule has 1 atom stereocenters. The van der Waals surface area contributed by atoms with Gasteiger partial charge >= 0.3 is 0 Å². The normalized spacial score (nSPS) is 14.1. The van der Waals surface area contributed by atoms with E-state index in [4.69, 9.17) is 5.11 Å². The molecule has 0 aromatic heterocycles. The maximum absolute atomic E-state index is 11.8. The minimum absolute atomic E-state index is 0.0823. The Morgan fingerprint density at radius 3 is 2.33 bits per heavy atom. The summed E-state index contributed by atoms with van der Waals surface area (Å²) in [6.07, 6.45) is -4.52. The molecule has 0 aliphatic rings. The molecule has 0 saturated heterocycles. The molecule has 4 nitrogen and oxygen atoms in total. The predicted molar refractivity (Wildman–Crippen MR) is 52.8 cm³/mol. The van der Waals surface area contributed by atoms with Gasteiger partial charge in [0.05, 0.1) is 6.54 Å². The molecule has 15 heavy (non-hydrogen) atoms. The molecule has 0 rings (SSSR count). The van der Waals surface area contributed by atoms with Gasteiger partial charge in [-0.05, 0) is 20.8 Å². The van der Waals surface area contributed by atoms with Crippen molar-refractivity contribution in [3.8, 4) is 0 Å². The number of aliphatic hydroxyl groups is 1. The first-order chi connectivity index (χ1) is 6.72. The minimum atomic E-state index is -2.79. The number of halogens is 2. The third-order valence-corrected chi connectivity index (χ3v) is 1.44. The average molecular weight is 224 g/mol. The van der Waals surface area contributed by atoms with Crippen LogP contribution >= 0.6 is 0 Å². The highest BCUT2D eigenvalue weighted by Gasteiger charge is 2.17. The lowest BCUT2D eigenvalue weighted by atomic mass is 10.1. The first-order valence-electron chi connectivity index (χ1n) is 4.70. The molecule has 1 amide bonds. The number of alkyl halides is 2. The van der Waals surface area contributed by atoms with Gasteiger partial charge in [0, 0.05) is 12.1 Å². The van der Waals surface area contributed by atoms with Crippen LogP contribution in [0.5, 0.6) is 0 Å². The van der Waals surface area contributed by atoms with E-state index in [1.54, 1.807) is 0 Å². The van der Waals surface area contributed by atoms with Crippen molar-refractivity contribution >= 4 is 5.91 Å². The summed E-state index contributed by atoms with van der Waals surface area (Å²) in [6.45, 7) is 5.08. The van der Waals surface area contributed by atoms with Gasteiger partial charge in [-0.15, -0.1) is 0 Å². The van der Waals surface area contributed by atoms with Crippen LogP contribution < -0.4 is 10.6 Å². The van der Waals surface area contributed by atoms with Gasteiger partial charge in [0.2, 0.25) is 5.91 Å². The van der Waals surface area contributed by atoms with Gasteiger partial charge in [-0.2, -0.15) is 0 Å². The maximum atomic E-state index is 11.8. The standard InChI is InChI=1S/C9H18F2N2O2/c1-9(2,3)13-7(15)5-12-4-6(14)8(10)11/h6,8,12,14H,4-5H2,1-3H3,(H,13,15). The van der Waals surface area contributed by atoms with Crippen molar-refractivity contribution in [1.82, 2.24) is 10.6 Å². The second-order valence-corrected chi connectivity index (χ2v) is 4.33. The van der Waals surface area contributed by atoms with E-state index in [0.29, 0.717) is 0 Å². The van der Waals surface area contributed by atoms with Gasteiger partial charge in [0.25, 0.3) is 6.43 Å². The first kappa shape index (κ1) is 14.2. The number of carbonyl (C=O) groups is 1. The highest BCUT2D eigenvalue weighted by atomic mass is 19.3. The molecule has 0 aromatic carbocycles. The van der Waals surface area contributed by atoms with Crippen molar-refractivity contribution in [2.45, 2.75) is 38.8 Å².